The number of carboxylic acid groups (broad SMARTS) is 1. The van der Waals surface area contributed by atoms with Crippen LogP contribution in [0.1, 0.15) is 30.2 Å². The third kappa shape index (κ3) is 2.83. The predicted octanol–water partition coefficient (Wildman–Crippen LogP) is 3.81. The van der Waals surface area contributed by atoms with Crippen LogP contribution in [0.3, 0.4) is 0 Å². The summed E-state index contributed by atoms with van der Waals surface area (Å²) < 4.78 is 1.90. The van der Waals surface area contributed by atoms with Gasteiger partial charge in [-0.05, 0) is 11.5 Å². The van der Waals surface area contributed by atoms with Crippen LogP contribution in [0.5, 0.6) is 0 Å². The monoisotopic (exact) mass is 300 g/mol. The second-order valence-corrected chi connectivity index (χ2v) is 6.45. The lowest BCUT2D eigenvalue weighted by atomic mass is 10.0. The van der Waals surface area contributed by atoms with Crippen molar-refractivity contribution in [3.8, 4) is 11.3 Å². The van der Waals surface area contributed by atoms with Crippen LogP contribution in [0.15, 0.2) is 36.7 Å². The van der Waals surface area contributed by atoms with Crippen LogP contribution in [0, 0.1) is 0 Å². The molecule has 3 aromatic rings. The van der Waals surface area contributed by atoms with E-state index in [9.17, 15) is 4.79 Å². The molecule has 0 unspecified atom stereocenters. The highest BCUT2D eigenvalue weighted by Gasteiger charge is 2.10. The van der Waals surface area contributed by atoms with Gasteiger partial charge in [0.15, 0.2) is 4.96 Å². The highest BCUT2D eigenvalue weighted by atomic mass is 32.1. The molecule has 0 amide bonds. The first-order chi connectivity index (χ1) is 10.0. The lowest BCUT2D eigenvalue weighted by molar-refractivity contribution is -0.136. The molecular formula is C16H16N2O2S. The Kier molecular flexibility index (Phi) is 3.51. The maximum atomic E-state index is 10.7. The standard InChI is InChI=1S/C16H16N2O2S/c1-10(2)11-3-5-12(6-4-11)14-9-18-8-13(7-15(19)20)21-16(18)17-14/h3-6,8-10H,7H2,1-2H3,(H,19,20). The summed E-state index contributed by atoms with van der Waals surface area (Å²) in [6.45, 7) is 4.34. The van der Waals surface area contributed by atoms with Crippen molar-refractivity contribution in [2.45, 2.75) is 26.2 Å². The Hall–Kier alpha value is -2.14. The van der Waals surface area contributed by atoms with Gasteiger partial charge in [0.2, 0.25) is 0 Å². The highest BCUT2D eigenvalue weighted by molar-refractivity contribution is 7.17. The molecule has 0 aliphatic carbocycles. The number of hydrogen-bond donors (Lipinski definition) is 1. The summed E-state index contributed by atoms with van der Waals surface area (Å²) in [7, 11) is 0. The van der Waals surface area contributed by atoms with E-state index in [1.165, 1.54) is 16.9 Å². The molecule has 1 aromatic carbocycles. The smallest absolute Gasteiger partial charge is 0.308 e. The summed E-state index contributed by atoms with van der Waals surface area (Å²) >= 11 is 1.42. The van der Waals surface area contributed by atoms with Gasteiger partial charge in [-0.25, -0.2) is 4.98 Å². The van der Waals surface area contributed by atoms with Crippen LogP contribution in [0.2, 0.25) is 0 Å². The number of fused-ring (bicyclic) bond motifs is 1. The maximum absolute atomic E-state index is 10.7. The molecule has 5 heteroatoms. The molecule has 0 saturated carbocycles. The Morgan fingerprint density at radius 2 is 2.00 bits per heavy atom. The third-order valence-electron chi connectivity index (χ3n) is 3.40. The van der Waals surface area contributed by atoms with Gasteiger partial charge in [0.05, 0.1) is 12.1 Å². The van der Waals surface area contributed by atoms with Crippen molar-refractivity contribution >= 4 is 22.3 Å². The topological polar surface area (TPSA) is 54.6 Å². The zero-order valence-corrected chi connectivity index (χ0v) is 12.7. The van der Waals surface area contributed by atoms with E-state index in [1.807, 2.05) is 16.8 Å². The van der Waals surface area contributed by atoms with Gasteiger partial charge in [-0.1, -0.05) is 38.1 Å². The molecule has 1 N–H and O–H groups in total. The van der Waals surface area contributed by atoms with Crippen LogP contribution < -0.4 is 0 Å². The lowest BCUT2D eigenvalue weighted by Crippen LogP contribution is -1.97. The largest absolute Gasteiger partial charge is 0.481 e. The minimum Gasteiger partial charge on any atom is -0.481 e. The second kappa shape index (κ2) is 5.33. The molecule has 0 fully saturated rings. The Bertz CT molecular complexity index is 753. The molecule has 0 bridgehead atoms. The van der Waals surface area contributed by atoms with E-state index in [2.05, 4.69) is 43.1 Å². The number of hydrogen-bond acceptors (Lipinski definition) is 3. The molecule has 0 aliphatic heterocycles. The molecule has 2 heterocycles. The summed E-state index contributed by atoms with van der Waals surface area (Å²) in [4.78, 5) is 16.9. The highest BCUT2D eigenvalue weighted by Crippen LogP contribution is 2.25. The Morgan fingerprint density at radius 1 is 1.29 bits per heavy atom. The minimum atomic E-state index is -0.816. The zero-order chi connectivity index (χ0) is 15.0. The van der Waals surface area contributed by atoms with Crippen molar-refractivity contribution in [1.29, 1.82) is 0 Å². The van der Waals surface area contributed by atoms with E-state index in [4.69, 9.17) is 5.11 Å². The van der Waals surface area contributed by atoms with Gasteiger partial charge < -0.3 is 5.11 Å². The molecular weight excluding hydrogens is 284 g/mol. The van der Waals surface area contributed by atoms with Crippen LogP contribution in [-0.4, -0.2) is 20.5 Å². The number of carboxylic acids is 1. The van der Waals surface area contributed by atoms with Gasteiger partial charge in [-0.2, -0.15) is 0 Å². The Labute approximate surface area is 126 Å². The summed E-state index contributed by atoms with van der Waals surface area (Å²) in [6.07, 6.45) is 3.83. The predicted molar refractivity (Wildman–Crippen MR) is 83.9 cm³/mol. The summed E-state index contributed by atoms with van der Waals surface area (Å²) in [5.41, 5.74) is 3.30. The van der Waals surface area contributed by atoms with Crippen molar-refractivity contribution in [2.75, 3.05) is 0 Å². The number of aliphatic carboxylic acids is 1. The Balaban J connectivity index is 1.90. The van der Waals surface area contributed by atoms with E-state index >= 15 is 0 Å². The number of thiazole rings is 1. The van der Waals surface area contributed by atoms with Gasteiger partial charge in [0.1, 0.15) is 0 Å². The number of aromatic nitrogens is 2. The van der Waals surface area contributed by atoms with Gasteiger partial charge in [0.25, 0.3) is 0 Å². The zero-order valence-electron chi connectivity index (χ0n) is 11.9. The number of carbonyl (C=O) groups is 1. The van der Waals surface area contributed by atoms with Gasteiger partial charge in [-0.3, -0.25) is 9.20 Å². The molecule has 4 nitrogen and oxygen atoms in total. The van der Waals surface area contributed by atoms with Crippen molar-refractivity contribution in [3.63, 3.8) is 0 Å². The molecule has 2 aromatic heterocycles. The van der Waals surface area contributed by atoms with Crippen molar-refractivity contribution in [2.24, 2.45) is 0 Å². The van der Waals surface area contributed by atoms with E-state index in [1.54, 1.807) is 0 Å². The van der Waals surface area contributed by atoms with E-state index in [0.717, 1.165) is 21.1 Å². The SMILES string of the molecule is CC(C)c1ccc(-c2cn3cc(CC(=O)O)sc3n2)cc1. The van der Waals surface area contributed by atoms with Crippen molar-refractivity contribution in [1.82, 2.24) is 9.38 Å². The molecule has 21 heavy (non-hydrogen) atoms. The van der Waals surface area contributed by atoms with Crippen molar-refractivity contribution < 1.29 is 9.90 Å². The normalized spacial score (nSPS) is 11.4. The quantitative estimate of drug-likeness (QED) is 0.797. The molecule has 0 saturated heterocycles. The molecule has 108 valence electrons. The lowest BCUT2D eigenvalue weighted by Gasteiger charge is -2.05. The summed E-state index contributed by atoms with van der Waals surface area (Å²) in [6, 6.07) is 8.42. The molecule has 0 aliphatic rings. The average Bonchev–Trinajstić information content (AvgIpc) is 2.96. The fourth-order valence-electron chi connectivity index (χ4n) is 2.25. The van der Waals surface area contributed by atoms with Crippen LogP contribution in [-0.2, 0) is 11.2 Å². The summed E-state index contributed by atoms with van der Waals surface area (Å²) in [5, 5.41) is 8.81. The third-order valence-corrected chi connectivity index (χ3v) is 4.40. The molecule has 0 atom stereocenters. The van der Waals surface area contributed by atoms with E-state index in [-0.39, 0.29) is 6.42 Å². The number of nitrogens with zero attached hydrogens (tertiary/aromatic N) is 2. The van der Waals surface area contributed by atoms with E-state index < -0.39 is 5.97 Å². The van der Waals surface area contributed by atoms with Crippen LogP contribution >= 0.6 is 11.3 Å². The van der Waals surface area contributed by atoms with Crippen molar-refractivity contribution in [3.05, 3.63) is 47.1 Å². The molecule has 0 spiro atoms. The summed E-state index contributed by atoms with van der Waals surface area (Å²) in [5.74, 6) is -0.299. The maximum Gasteiger partial charge on any atom is 0.308 e. The first-order valence-electron chi connectivity index (χ1n) is 6.82. The van der Waals surface area contributed by atoms with Gasteiger partial charge >= 0.3 is 5.97 Å². The fraction of sp³-hybridized carbons (Fsp3) is 0.250. The average molecular weight is 300 g/mol. The fourth-order valence-corrected chi connectivity index (χ4v) is 3.20. The first-order valence-corrected chi connectivity index (χ1v) is 7.64. The van der Waals surface area contributed by atoms with Gasteiger partial charge in [0, 0.05) is 22.8 Å². The number of imidazole rings is 1. The minimum absolute atomic E-state index is 0.0481. The number of rotatable bonds is 4. The van der Waals surface area contributed by atoms with Gasteiger partial charge in [-0.15, -0.1) is 11.3 Å². The molecule has 0 radical (unpaired) electrons. The molecule has 3 rings (SSSR count). The van der Waals surface area contributed by atoms with E-state index in [0.29, 0.717) is 5.92 Å². The Morgan fingerprint density at radius 3 is 2.57 bits per heavy atom. The van der Waals surface area contributed by atoms with Crippen LogP contribution in [0.25, 0.3) is 16.2 Å². The van der Waals surface area contributed by atoms with Crippen LogP contribution in [0.4, 0.5) is 0 Å². The first kappa shape index (κ1) is 13.8. The number of benzene rings is 1. The second-order valence-electron chi connectivity index (χ2n) is 5.36.